The summed E-state index contributed by atoms with van der Waals surface area (Å²) in [6.45, 7) is 3.91. The topological polar surface area (TPSA) is 65.4 Å². The van der Waals surface area contributed by atoms with Gasteiger partial charge in [-0.05, 0) is 0 Å². The third-order valence-corrected chi connectivity index (χ3v) is 3.03. The Morgan fingerprint density at radius 3 is 2.25 bits per heavy atom. The highest BCUT2D eigenvalue weighted by molar-refractivity contribution is 5.86. The van der Waals surface area contributed by atoms with Crippen LogP contribution in [0.1, 0.15) is 12.8 Å². The first-order valence-corrected chi connectivity index (χ1v) is 5.62. The van der Waals surface area contributed by atoms with Gasteiger partial charge < -0.3 is 19.7 Å². The molecule has 0 aromatic carbocycles. The van der Waals surface area contributed by atoms with Crippen LogP contribution < -0.4 is 0 Å². The Hall–Kier alpha value is -1.30. The molecule has 2 heterocycles. The van der Waals surface area contributed by atoms with E-state index < -0.39 is 0 Å². The largest absolute Gasteiger partial charge is 0.411 e. The number of carbonyl (C=O) groups excluding carboxylic acids is 1. The van der Waals surface area contributed by atoms with Gasteiger partial charge in [0.2, 0.25) is 0 Å². The number of hydrogen-bond donors (Lipinski definition) is 1. The van der Waals surface area contributed by atoms with Crippen molar-refractivity contribution in [1.82, 2.24) is 9.80 Å². The summed E-state index contributed by atoms with van der Waals surface area (Å²) in [5.74, 6) is 0. The van der Waals surface area contributed by atoms with E-state index in [0.29, 0.717) is 52.2 Å². The van der Waals surface area contributed by atoms with Crippen molar-refractivity contribution in [2.75, 3.05) is 39.4 Å². The fourth-order valence-electron chi connectivity index (χ4n) is 2.01. The lowest BCUT2D eigenvalue weighted by molar-refractivity contribution is 0.0432. The van der Waals surface area contributed by atoms with Crippen molar-refractivity contribution in [3.05, 3.63) is 0 Å². The molecule has 0 spiro atoms. The van der Waals surface area contributed by atoms with Crippen LogP contribution in [0.15, 0.2) is 5.16 Å². The van der Waals surface area contributed by atoms with E-state index in [-0.39, 0.29) is 6.03 Å². The minimum absolute atomic E-state index is 0.0836. The number of oxime groups is 1. The molecular weight excluding hydrogens is 210 g/mol. The van der Waals surface area contributed by atoms with E-state index in [1.165, 1.54) is 0 Å². The number of likely N-dealkylation sites (tertiary alicyclic amines) is 1. The molecule has 0 aromatic rings. The Balaban J connectivity index is 1.85. The van der Waals surface area contributed by atoms with Gasteiger partial charge in [0.15, 0.2) is 0 Å². The van der Waals surface area contributed by atoms with Gasteiger partial charge in [0.05, 0.1) is 18.9 Å². The summed E-state index contributed by atoms with van der Waals surface area (Å²) in [5, 5.41) is 11.8. The fraction of sp³-hybridized carbons (Fsp3) is 0.800. The van der Waals surface area contributed by atoms with Crippen molar-refractivity contribution in [1.29, 1.82) is 0 Å². The summed E-state index contributed by atoms with van der Waals surface area (Å²) < 4.78 is 5.21. The molecule has 6 heteroatoms. The van der Waals surface area contributed by atoms with Gasteiger partial charge in [0.25, 0.3) is 0 Å². The first-order chi connectivity index (χ1) is 7.81. The van der Waals surface area contributed by atoms with Gasteiger partial charge in [0, 0.05) is 39.0 Å². The molecule has 1 N–H and O–H groups in total. The standard InChI is InChI=1S/C10H17N3O3/c14-10(13-5-7-16-8-6-13)12-3-1-9(11-15)2-4-12/h15H,1-8H2. The third kappa shape index (κ3) is 2.44. The molecule has 2 rings (SSSR count). The highest BCUT2D eigenvalue weighted by Gasteiger charge is 2.25. The molecule has 0 atom stereocenters. The molecule has 0 saturated carbocycles. The second-order valence-corrected chi connectivity index (χ2v) is 4.04. The maximum Gasteiger partial charge on any atom is 0.320 e. The van der Waals surface area contributed by atoms with Crippen molar-refractivity contribution in [2.24, 2.45) is 5.16 Å². The summed E-state index contributed by atoms with van der Waals surface area (Å²) in [6, 6.07) is 0.0836. The molecule has 2 amide bonds. The zero-order chi connectivity index (χ0) is 11.4. The average Bonchev–Trinajstić information content (AvgIpc) is 2.39. The number of hydrogen-bond acceptors (Lipinski definition) is 4. The summed E-state index contributed by atoms with van der Waals surface area (Å²) >= 11 is 0. The number of ether oxygens (including phenoxy) is 1. The van der Waals surface area contributed by atoms with E-state index in [2.05, 4.69) is 5.16 Å². The van der Waals surface area contributed by atoms with Crippen LogP contribution in [0.3, 0.4) is 0 Å². The van der Waals surface area contributed by atoms with E-state index in [1.54, 1.807) is 0 Å². The van der Waals surface area contributed by atoms with E-state index >= 15 is 0 Å². The molecule has 0 bridgehead atoms. The van der Waals surface area contributed by atoms with Crippen LogP contribution in [-0.2, 0) is 4.74 Å². The molecular formula is C10H17N3O3. The van der Waals surface area contributed by atoms with Crippen molar-refractivity contribution < 1.29 is 14.7 Å². The SMILES string of the molecule is O=C(N1CCOCC1)N1CCC(=NO)CC1. The van der Waals surface area contributed by atoms with Crippen LogP contribution >= 0.6 is 0 Å². The molecule has 2 aliphatic rings. The van der Waals surface area contributed by atoms with Gasteiger partial charge in [-0.25, -0.2) is 4.79 Å². The predicted octanol–water partition coefficient (Wildman–Crippen LogP) is 0.365. The van der Waals surface area contributed by atoms with Gasteiger partial charge in [-0.15, -0.1) is 0 Å². The number of urea groups is 1. The molecule has 6 nitrogen and oxygen atoms in total. The molecule has 2 fully saturated rings. The van der Waals surface area contributed by atoms with Gasteiger partial charge in [-0.3, -0.25) is 0 Å². The number of amides is 2. The molecule has 90 valence electrons. The summed E-state index contributed by atoms with van der Waals surface area (Å²) in [6.07, 6.45) is 1.35. The van der Waals surface area contributed by atoms with E-state index in [0.717, 1.165) is 5.71 Å². The van der Waals surface area contributed by atoms with Crippen LogP contribution in [-0.4, -0.2) is 66.1 Å². The Bertz CT molecular complexity index is 277. The number of rotatable bonds is 0. The molecule has 0 aromatic heterocycles. The van der Waals surface area contributed by atoms with Crippen LogP contribution in [0.2, 0.25) is 0 Å². The van der Waals surface area contributed by atoms with Crippen molar-refractivity contribution >= 4 is 11.7 Å². The summed E-state index contributed by atoms with van der Waals surface area (Å²) in [5.41, 5.74) is 0.783. The summed E-state index contributed by atoms with van der Waals surface area (Å²) in [7, 11) is 0. The quantitative estimate of drug-likeness (QED) is 0.480. The predicted molar refractivity (Wildman–Crippen MR) is 57.8 cm³/mol. The van der Waals surface area contributed by atoms with Crippen LogP contribution in [0.25, 0.3) is 0 Å². The van der Waals surface area contributed by atoms with Crippen molar-refractivity contribution in [2.45, 2.75) is 12.8 Å². The highest BCUT2D eigenvalue weighted by Crippen LogP contribution is 2.11. The van der Waals surface area contributed by atoms with Gasteiger partial charge in [-0.2, -0.15) is 0 Å². The average molecular weight is 227 g/mol. The first-order valence-electron chi connectivity index (χ1n) is 5.62. The van der Waals surface area contributed by atoms with Crippen molar-refractivity contribution in [3.63, 3.8) is 0 Å². The van der Waals surface area contributed by atoms with Gasteiger partial charge in [0.1, 0.15) is 0 Å². The molecule has 2 saturated heterocycles. The zero-order valence-corrected chi connectivity index (χ0v) is 9.26. The monoisotopic (exact) mass is 227 g/mol. The van der Waals surface area contributed by atoms with E-state index in [1.807, 2.05) is 9.80 Å². The van der Waals surface area contributed by atoms with Crippen molar-refractivity contribution in [3.8, 4) is 0 Å². The number of nitrogens with zero attached hydrogens (tertiary/aromatic N) is 3. The molecule has 0 radical (unpaired) electrons. The number of piperidine rings is 1. The molecule has 2 aliphatic heterocycles. The first kappa shape index (κ1) is 11.2. The number of carbonyl (C=O) groups is 1. The molecule has 0 unspecified atom stereocenters. The Morgan fingerprint density at radius 2 is 1.69 bits per heavy atom. The molecule has 0 aliphatic carbocycles. The second kappa shape index (κ2) is 5.16. The second-order valence-electron chi connectivity index (χ2n) is 4.04. The minimum atomic E-state index is 0.0836. The van der Waals surface area contributed by atoms with Crippen LogP contribution in [0, 0.1) is 0 Å². The maximum atomic E-state index is 12.0. The molecule has 16 heavy (non-hydrogen) atoms. The van der Waals surface area contributed by atoms with E-state index in [9.17, 15) is 4.79 Å². The lowest BCUT2D eigenvalue weighted by Gasteiger charge is -2.34. The fourth-order valence-corrected chi connectivity index (χ4v) is 2.01. The third-order valence-electron chi connectivity index (χ3n) is 3.03. The van der Waals surface area contributed by atoms with E-state index in [4.69, 9.17) is 9.94 Å². The Labute approximate surface area is 94.5 Å². The maximum absolute atomic E-state index is 12.0. The Kier molecular flexibility index (Phi) is 3.61. The van der Waals surface area contributed by atoms with Gasteiger partial charge >= 0.3 is 6.03 Å². The zero-order valence-electron chi connectivity index (χ0n) is 9.26. The highest BCUT2D eigenvalue weighted by atomic mass is 16.5. The van der Waals surface area contributed by atoms with Crippen LogP contribution in [0.4, 0.5) is 4.79 Å². The normalized spacial score (nSPS) is 22.1. The lowest BCUT2D eigenvalue weighted by atomic mass is 10.1. The lowest BCUT2D eigenvalue weighted by Crippen LogP contribution is -2.50. The smallest absolute Gasteiger partial charge is 0.320 e. The Morgan fingerprint density at radius 1 is 1.12 bits per heavy atom. The minimum Gasteiger partial charge on any atom is -0.411 e. The number of morpholine rings is 1. The summed E-state index contributed by atoms with van der Waals surface area (Å²) in [4.78, 5) is 15.7. The van der Waals surface area contributed by atoms with Gasteiger partial charge in [-0.1, -0.05) is 5.16 Å². The van der Waals surface area contributed by atoms with Crippen LogP contribution in [0.5, 0.6) is 0 Å².